The van der Waals surface area contributed by atoms with Crippen LogP contribution in [0.2, 0.25) is 0 Å². The molecule has 0 spiro atoms. The van der Waals surface area contributed by atoms with E-state index >= 15 is 0 Å². The van der Waals surface area contributed by atoms with E-state index < -0.39 is 0 Å². The van der Waals surface area contributed by atoms with Gasteiger partial charge in [0.15, 0.2) is 5.65 Å². The molecule has 6 heteroatoms. The fourth-order valence-electron chi connectivity index (χ4n) is 3.28. The molecule has 1 aliphatic heterocycles. The molecule has 1 saturated heterocycles. The minimum absolute atomic E-state index is 0.0358. The van der Waals surface area contributed by atoms with Crippen molar-refractivity contribution in [1.82, 2.24) is 19.5 Å². The summed E-state index contributed by atoms with van der Waals surface area (Å²) in [6, 6.07) is 11.7. The van der Waals surface area contributed by atoms with Gasteiger partial charge in [0, 0.05) is 11.8 Å². The predicted molar refractivity (Wildman–Crippen MR) is 98.6 cm³/mol. The number of amides is 1. The number of hydrogen-bond acceptors (Lipinski definition) is 4. The number of ether oxygens (including phenoxy) is 1. The van der Waals surface area contributed by atoms with E-state index in [-0.39, 0.29) is 12.0 Å². The summed E-state index contributed by atoms with van der Waals surface area (Å²) < 4.78 is 7.82. The van der Waals surface area contributed by atoms with Crippen LogP contribution in [0.3, 0.4) is 0 Å². The maximum atomic E-state index is 12.7. The van der Waals surface area contributed by atoms with E-state index in [2.05, 4.69) is 23.1 Å². The van der Waals surface area contributed by atoms with Gasteiger partial charge in [-0.2, -0.15) is 5.10 Å². The van der Waals surface area contributed by atoms with Gasteiger partial charge in [0.2, 0.25) is 0 Å². The van der Waals surface area contributed by atoms with E-state index in [4.69, 9.17) is 4.74 Å². The Morgan fingerprint density at radius 3 is 2.77 bits per heavy atom. The van der Waals surface area contributed by atoms with Gasteiger partial charge in [0.1, 0.15) is 17.5 Å². The summed E-state index contributed by atoms with van der Waals surface area (Å²) in [6.45, 7) is 7.13. The Morgan fingerprint density at radius 1 is 1.23 bits per heavy atom. The average Bonchev–Trinajstić information content (AvgIpc) is 2.98. The molecule has 0 radical (unpaired) electrons. The number of aromatic nitrogens is 3. The lowest BCUT2D eigenvalue weighted by atomic mass is 10.1. The van der Waals surface area contributed by atoms with E-state index in [9.17, 15) is 4.79 Å². The van der Waals surface area contributed by atoms with Gasteiger partial charge in [-0.05, 0) is 38.0 Å². The van der Waals surface area contributed by atoms with Crippen LogP contribution in [0.1, 0.15) is 34.4 Å². The van der Waals surface area contributed by atoms with Gasteiger partial charge in [-0.1, -0.05) is 25.1 Å². The van der Waals surface area contributed by atoms with Gasteiger partial charge < -0.3 is 9.64 Å². The molecule has 3 heterocycles. The third kappa shape index (κ3) is 2.92. The number of hydrogen-bond donors (Lipinski definition) is 0. The number of carbonyl (C=O) groups excluding carboxylic acids is 1. The summed E-state index contributed by atoms with van der Waals surface area (Å²) in [5, 5.41) is 4.38. The molecule has 2 aromatic heterocycles. The summed E-state index contributed by atoms with van der Waals surface area (Å²) in [5.74, 6) is 0.857. The fraction of sp³-hybridized carbons (Fsp3) is 0.350. The Kier molecular flexibility index (Phi) is 4.11. The number of fused-ring (bicyclic) bond motifs is 1. The van der Waals surface area contributed by atoms with Crippen molar-refractivity contribution in [1.29, 1.82) is 0 Å². The fourth-order valence-corrected chi connectivity index (χ4v) is 3.28. The maximum Gasteiger partial charge on any atom is 0.272 e. The van der Waals surface area contributed by atoms with Crippen LogP contribution in [-0.4, -0.2) is 44.6 Å². The summed E-state index contributed by atoms with van der Waals surface area (Å²) in [7, 11) is 0. The topological polar surface area (TPSA) is 59.7 Å². The Bertz CT molecular complexity index is 973. The van der Waals surface area contributed by atoms with Gasteiger partial charge in [-0.15, -0.1) is 0 Å². The smallest absolute Gasteiger partial charge is 0.272 e. The maximum absolute atomic E-state index is 12.7. The first-order valence-electron chi connectivity index (χ1n) is 8.93. The molecular formula is C20H22N4O2. The van der Waals surface area contributed by atoms with Crippen LogP contribution >= 0.6 is 0 Å². The van der Waals surface area contributed by atoms with Crippen LogP contribution in [0.25, 0.3) is 5.65 Å². The Morgan fingerprint density at radius 2 is 2.00 bits per heavy atom. The van der Waals surface area contributed by atoms with E-state index in [1.807, 2.05) is 38.1 Å². The summed E-state index contributed by atoms with van der Waals surface area (Å²) in [4.78, 5) is 19.0. The average molecular weight is 350 g/mol. The van der Waals surface area contributed by atoms with Crippen LogP contribution in [0, 0.1) is 13.8 Å². The SMILES string of the molecule is CCc1ccccc1OC1CN(C(=O)c2cc(C)n3nc(C)cc3n2)C1. The van der Waals surface area contributed by atoms with Gasteiger partial charge in [0.05, 0.1) is 18.8 Å². The van der Waals surface area contributed by atoms with Crippen LogP contribution in [0.5, 0.6) is 5.75 Å². The molecule has 0 N–H and O–H groups in total. The highest BCUT2D eigenvalue weighted by molar-refractivity contribution is 5.93. The van der Waals surface area contributed by atoms with Crippen LogP contribution in [0.15, 0.2) is 36.4 Å². The number of likely N-dealkylation sites (tertiary alicyclic amines) is 1. The molecule has 1 aliphatic rings. The number of carbonyl (C=O) groups is 1. The molecule has 4 rings (SSSR count). The second-order valence-electron chi connectivity index (χ2n) is 6.75. The molecule has 1 amide bonds. The minimum atomic E-state index is -0.0573. The largest absolute Gasteiger partial charge is 0.486 e. The van der Waals surface area contributed by atoms with Crippen molar-refractivity contribution < 1.29 is 9.53 Å². The molecule has 26 heavy (non-hydrogen) atoms. The molecule has 0 atom stereocenters. The normalized spacial score (nSPS) is 14.5. The van der Waals surface area contributed by atoms with E-state index in [1.54, 1.807) is 15.5 Å². The summed E-state index contributed by atoms with van der Waals surface area (Å²) in [5.41, 5.74) is 4.14. The van der Waals surface area contributed by atoms with Crippen molar-refractivity contribution in [3.8, 4) is 5.75 Å². The van der Waals surface area contributed by atoms with E-state index in [0.29, 0.717) is 24.4 Å². The summed E-state index contributed by atoms with van der Waals surface area (Å²) >= 11 is 0. The highest BCUT2D eigenvalue weighted by atomic mass is 16.5. The van der Waals surface area contributed by atoms with Crippen molar-refractivity contribution in [2.24, 2.45) is 0 Å². The molecule has 0 aliphatic carbocycles. The quantitative estimate of drug-likeness (QED) is 0.726. The standard InChI is InChI=1S/C20H22N4O2/c1-4-15-7-5-6-8-18(15)26-16-11-23(12-16)20(25)17-10-14(3)24-19(21-17)9-13(2)22-24/h5-10,16H,4,11-12H2,1-3H3. The molecule has 134 valence electrons. The Balaban J connectivity index is 1.45. The number of para-hydroxylation sites is 1. The first-order valence-corrected chi connectivity index (χ1v) is 8.93. The predicted octanol–water partition coefficient (Wildman–Crippen LogP) is 2.81. The first-order chi connectivity index (χ1) is 12.5. The molecule has 0 bridgehead atoms. The second-order valence-corrected chi connectivity index (χ2v) is 6.75. The van der Waals surface area contributed by atoms with Gasteiger partial charge in [-0.25, -0.2) is 9.50 Å². The highest BCUT2D eigenvalue weighted by Gasteiger charge is 2.34. The molecule has 3 aromatic rings. The highest BCUT2D eigenvalue weighted by Crippen LogP contribution is 2.24. The Labute approximate surface area is 152 Å². The molecule has 1 fully saturated rings. The van der Waals surface area contributed by atoms with Crippen LogP contribution < -0.4 is 4.74 Å². The van der Waals surface area contributed by atoms with Crippen molar-refractivity contribution >= 4 is 11.6 Å². The van der Waals surface area contributed by atoms with Crippen molar-refractivity contribution in [3.63, 3.8) is 0 Å². The van der Waals surface area contributed by atoms with E-state index in [1.165, 1.54) is 5.56 Å². The van der Waals surface area contributed by atoms with Gasteiger partial charge in [0.25, 0.3) is 5.91 Å². The van der Waals surface area contributed by atoms with Gasteiger partial charge >= 0.3 is 0 Å². The molecule has 1 aromatic carbocycles. The summed E-state index contributed by atoms with van der Waals surface area (Å²) in [6.07, 6.45) is 0.966. The lowest BCUT2D eigenvalue weighted by molar-refractivity contribution is 0.0170. The monoisotopic (exact) mass is 350 g/mol. The second kappa shape index (κ2) is 6.44. The van der Waals surface area contributed by atoms with Crippen molar-refractivity contribution in [3.05, 3.63) is 59.0 Å². The Hall–Kier alpha value is -2.89. The third-order valence-corrected chi connectivity index (χ3v) is 4.73. The zero-order valence-electron chi connectivity index (χ0n) is 15.3. The minimum Gasteiger partial charge on any atom is -0.486 e. The number of nitrogens with zero attached hydrogens (tertiary/aromatic N) is 4. The zero-order valence-corrected chi connectivity index (χ0v) is 15.3. The molecule has 0 unspecified atom stereocenters. The van der Waals surface area contributed by atoms with Crippen molar-refractivity contribution in [2.45, 2.75) is 33.3 Å². The third-order valence-electron chi connectivity index (χ3n) is 4.73. The lowest BCUT2D eigenvalue weighted by Gasteiger charge is -2.39. The zero-order chi connectivity index (χ0) is 18.3. The lowest BCUT2D eigenvalue weighted by Crippen LogP contribution is -2.56. The van der Waals surface area contributed by atoms with E-state index in [0.717, 1.165) is 23.6 Å². The molecule has 6 nitrogen and oxygen atoms in total. The molecule has 0 saturated carbocycles. The van der Waals surface area contributed by atoms with Crippen LogP contribution in [0.4, 0.5) is 0 Å². The number of rotatable bonds is 4. The van der Waals surface area contributed by atoms with Crippen molar-refractivity contribution in [2.75, 3.05) is 13.1 Å². The first kappa shape index (κ1) is 16.6. The molecular weight excluding hydrogens is 328 g/mol. The number of benzene rings is 1. The van der Waals surface area contributed by atoms with Gasteiger partial charge in [-0.3, -0.25) is 4.79 Å². The van der Waals surface area contributed by atoms with Crippen LogP contribution in [-0.2, 0) is 6.42 Å². The number of aryl methyl sites for hydroxylation is 3.